The van der Waals surface area contributed by atoms with Crippen LogP contribution in [-0.4, -0.2) is 46.9 Å². The van der Waals surface area contributed by atoms with Gasteiger partial charge in [-0.3, -0.25) is 9.59 Å². The van der Waals surface area contributed by atoms with E-state index in [9.17, 15) is 19.8 Å². The van der Waals surface area contributed by atoms with Crippen molar-refractivity contribution in [2.45, 2.75) is 283 Å². The molecule has 0 radical (unpaired) electrons. The summed E-state index contributed by atoms with van der Waals surface area (Å²) in [5.41, 5.74) is 0. The van der Waals surface area contributed by atoms with Crippen molar-refractivity contribution in [1.29, 1.82) is 0 Å². The average Bonchev–Trinajstić information content (AvgIpc) is 3.25. The molecule has 0 saturated carbocycles. The van der Waals surface area contributed by atoms with E-state index in [-0.39, 0.29) is 24.9 Å². The van der Waals surface area contributed by atoms with Gasteiger partial charge in [0.15, 0.2) is 0 Å². The third kappa shape index (κ3) is 44.2. The molecule has 6 heteroatoms. The molecule has 0 aliphatic carbocycles. The second-order valence-electron chi connectivity index (χ2n) is 17.9. The normalized spacial score (nSPS) is 13.6. The fourth-order valence-electron chi connectivity index (χ4n) is 7.91. The molecule has 0 aliphatic heterocycles. The summed E-state index contributed by atoms with van der Waals surface area (Å²) in [6.07, 6.45) is 58.8. The van der Waals surface area contributed by atoms with Gasteiger partial charge in [-0.15, -0.1) is 0 Å². The molecule has 0 fully saturated rings. The SMILES string of the molecule is CC/C=C/C/C=C/CCCCCCCCCC(=O)OC(CCCCCCC/C=C\C/C=C\CCCCC)CC(=O)NC(CO)C(O)CCCCCCCCCCCCCCC. The Hall–Kier alpha value is -2.18. The van der Waals surface area contributed by atoms with Gasteiger partial charge in [0.2, 0.25) is 5.91 Å². The lowest BCUT2D eigenvalue weighted by atomic mass is 10.0. The first-order valence-corrected chi connectivity index (χ1v) is 26.4. The number of rotatable bonds is 47. The average molecular weight is 856 g/mol. The molecule has 0 aromatic carbocycles. The summed E-state index contributed by atoms with van der Waals surface area (Å²) in [4.78, 5) is 26.2. The topological polar surface area (TPSA) is 95.9 Å². The summed E-state index contributed by atoms with van der Waals surface area (Å²) in [7, 11) is 0. The predicted molar refractivity (Wildman–Crippen MR) is 264 cm³/mol. The van der Waals surface area contributed by atoms with E-state index < -0.39 is 18.2 Å². The van der Waals surface area contributed by atoms with Crippen LogP contribution in [-0.2, 0) is 14.3 Å². The number of carbonyl (C=O) groups is 2. The van der Waals surface area contributed by atoms with Gasteiger partial charge in [-0.2, -0.15) is 0 Å². The van der Waals surface area contributed by atoms with Crippen molar-refractivity contribution in [2.24, 2.45) is 0 Å². The molecule has 3 N–H and O–H groups in total. The molecule has 3 atom stereocenters. The molecule has 0 aromatic rings. The van der Waals surface area contributed by atoms with E-state index >= 15 is 0 Å². The van der Waals surface area contributed by atoms with Crippen molar-refractivity contribution in [3.63, 3.8) is 0 Å². The Morgan fingerprint density at radius 2 is 0.885 bits per heavy atom. The molecule has 6 nitrogen and oxygen atoms in total. The zero-order chi connectivity index (χ0) is 44.5. The minimum Gasteiger partial charge on any atom is -0.462 e. The number of unbranched alkanes of at least 4 members (excludes halogenated alkanes) is 27. The maximum Gasteiger partial charge on any atom is 0.306 e. The van der Waals surface area contributed by atoms with E-state index in [1.165, 1.54) is 128 Å². The lowest BCUT2D eigenvalue weighted by Gasteiger charge is -2.24. The van der Waals surface area contributed by atoms with Crippen molar-refractivity contribution in [1.82, 2.24) is 5.32 Å². The van der Waals surface area contributed by atoms with Crippen molar-refractivity contribution in [3.05, 3.63) is 48.6 Å². The minimum atomic E-state index is -0.792. The van der Waals surface area contributed by atoms with Crippen LogP contribution in [0.3, 0.4) is 0 Å². The molecule has 0 saturated heterocycles. The number of hydrogen-bond donors (Lipinski definition) is 3. The number of carbonyl (C=O) groups excluding carboxylic acids is 2. The Morgan fingerprint density at radius 3 is 1.36 bits per heavy atom. The Labute approximate surface area is 378 Å². The van der Waals surface area contributed by atoms with Crippen molar-refractivity contribution >= 4 is 11.9 Å². The number of allylic oxidation sites excluding steroid dienone is 8. The molecule has 356 valence electrons. The first-order valence-electron chi connectivity index (χ1n) is 26.4. The second-order valence-corrected chi connectivity index (χ2v) is 17.9. The van der Waals surface area contributed by atoms with Gasteiger partial charge < -0.3 is 20.3 Å². The minimum absolute atomic E-state index is 0.0656. The fraction of sp³-hybridized carbons (Fsp3) is 0.818. The molecule has 0 bridgehead atoms. The number of ether oxygens (including phenoxy) is 1. The summed E-state index contributed by atoms with van der Waals surface area (Å²) in [6, 6.07) is -0.707. The van der Waals surface area contributed by atoms with Crippen LogP contribution in [0.2, 0.25) is 0 Å². The number of nitrogens with one attached hydrogen (secondary N) is 1. The summed E-state index contributed by atoms with van der Waals surface area (Å²) < 4.78 is 5.93. The molecule has 0 aromatic heterocycles. The highest BCUT2D eigenvalue weighted by atomic mass is 16.5. The maximum absolute atomic E-state index is 13.2. The van der Waals surface area contributed by atoms with Crippen molar-refractivity contribution < 1.29 is 24.5 Å². The monoisotopic (exact) mass is 856 g/mol. The van der Waals surface area contributed by atoms with Gasteiger partial charge in [0.25, 0.3) is 0 Å². The molecular formula is C55H101NO5. The van der Waals surface area contributed by atoms with E-state index in [4.69, 9.17) is 4.74 Å². The quantitative estimate of drug-likeness (QED) is 0.0322. The summed E-state index contributed by atoms with van der Waals surface area (Å²) in [6.45, 7) is 6.36. The van der Waals surface area contributed by atoms with Crippen molar-refractivity contribution in [3.8, 4) is 0 Å². The summed E-state index contributed by atoms with van der Waals surface area (Å²) in [5, 5.41) is 23.8. The van der Waals surface area contributed by atoms with E-state index in [1.807, 2.05) is 0 Å². The van der Waals surface area contributed by atoms with Gasteiger partial charge in [0.1, 0.15) is 6.10 Å². The van der Waals surface area contributed by atoms with E-state index in [1.54, 1.807) is 0 Å². The standard InChI is InChI=1S/C55H101NO5/c1-4-7-10-13-16-19-22-25-27-29-31-34-37-40-43-46-51(61-55(60)48-45-42-39-36-33-30-26-23-20-17-14-11-8-5-2)49-54(59)56-52(50-57)53(58)47-44-41-38-35-32-28-24-21-18-15-12-9-6-3/h8,11,16-17,19-20,25,27,51-53,57-58H,4-7,9-10,12-15,18,21-24,26,28-50H2,1-3H3,(H,56,59)/b11-8+,19-16-,20-17+,27-25-. The second kappa shape index (κ2) is 48.8. The van der Waals surface area contributed by atoms with Crippen LogP contribution in [0.1, 0.15) is 265 Å². The van der Waals surface area contributed by atoms with Gasteiger partial charge in [0, 0.05) is 6.42 Å². The number of amides is 1. The zero-order valence-electron chi connectivity index (χ0n) is 40.5. The highest BCUT2D eigenvalue weighted by Gasteiger charge is 2.24. The number of hydrogen-bond acceptors (Lipinski definition) is 5. The van der Waals surface area contributed by atoms with Gasteiger partial charge in [-0.1, -0.05) is 217 Å². The first-order chi connectivity index (χ1) is 30.0. The largest absolute Gasteiger partial charge is 0.462 e. The third-order valence-corrected chi connectivity index (χ3v) is 11.9. The Kier molecular flexibility index (Phi) is 47.1. The lowest BCUT2D eigenvalue weighted by molar-refractivity contribution is -0.151. The molecule has 0 rings (SSSR count). The van der Waals surface area contributed by atoms with E-state index in [2.05, 4.69) is 74.7 Å². The number of aliphatic hydroxyl groups excluding tert-OH is 2. The van der Waals surface area contributed by atoms with Crippen LogP contribution in [0.15, 0.2) is 48.6 Å². The Morgan fingerprint density at radius 1 is 0.492 bits per heavy atom. The number of aliphatic hydroxyl groups is 2. The van der Waals surface area contributed by atoms with Crippen LogP contribution >= 0.6 is 0 Å². The van der Waals surface area contributed by atoms with Crippen molar-refractivity contribution in [2.75, 3.05) is 6.61 Å². The van der Waals surface area contributed by atoms with Crippen LogP contribution in [0.25, 0.3) is 0 Å². The molecule has 0 heterocycles. The first kappa shape index (κ1) is 58.8. The Balaban J connectivity index is 4.61. The van der Waals surface area contributed by atoms with Crippen LogP contribution in [0, 0.1) is 0 Å². The van der Waals surface area contributed by atoms with Gasteiger partial charge in [-0.25, -0.2) is 0 Å². The molecule has 1 amide bonds. The molecular weight excluding hydrogens is 755 g/mol. The molecule has 61 heavy (non-hydrogen) atoms. The third-order valence-electron chi connectivity index (χ3n) is 11.9. The van der Waals surface area contributed by atoms with Gasteiger partial charge in [-0.05, 0) is 83.5 Å². The Bertz CT molecular complexity index is 1050. The highest BCUT2D eigenvalue weighted by Crippen LogP contribution is 2.18. The zero-order valence-corrected chi connectivity index (χ0v) is 40.5. The summed E-state index contributed by atoms with van der Waals surface area (Å²) >= 11 is 0. The predicted octanol–water partition coefficient (Wildman–Crippen LogP) is 15.8. The summed E-state index contributed by atoms with van der Waals surface area (Å²) in [5.74, 6) is -0.491. The van der Waals surface area contributed by atoms with Gasteiger partial charge >= 0.3 is 5.97 Å². The van der Waals surface area contributed by atoms with Crippen LogP contribution in [0.5, 0.6) is 0 Å². The molecule has 0 spiro atoms. The van der Waals surface area contributed by atoms with E-state index in [0.717, 1.165) is 89.9 Å². The van der Waals surface area contributed by atoms with Gasteiger partial charge in [0.05, 0.1) is 25.2 Å². The lowest BCUT2D eigenvalue weighted by Crippen LogP contribution is -2.46. The maximum atomic E-state index is 13.2. The highest BCUT2D eigenvalue weighted by molar-refractivity contribution is 5.77. The van der Waals surface area contributed by atoms with Crippen LogP contribution in [0.4, 0.5) is 0 Å². The molecule has 0 aliphatic rings. The van der Waals surface area contributed by atoms with Crippen LogP contribution < -0.4 is 5.32 Å². The van der Waals surface area contributed by atoms with E-state index in [0.29, 0.717) is 19.3 Å². The fourth-order valence-corrected chi connectivity index (χ4v) is 7.91. The number of esters is 1. The molecule has 3 unspecified atom stereocenters. The smallest absolute Gasteiger partial charge is 0.306 e.